The first-order chi connectivity index (χ1) is 9.88. The number of hydrogen-bond acceptors (Lipinski definition) is 1. The van der Waals surface area contributed by atoms with Crippen LogP contribution in [0.1, 0.15) is 36.8 Å². The number of benzene rings is 1. The Morgan fingerprint density at radius 3 is 2.52 bits per heavy atom. The lowest BCUT2D eigenvalue weighted by molar-refractivity contribution is -0.138. The molecule has 21 heavy (non-hydrogen) atoms. The number of rotatable bonds is 3. The molecule has 116 valence electrons. The molecule has 0 bridgehead atoms. The van der Waals surface area contributed by atoms with Crippen molar-refractivity contribution in [3.8, 4) is 0 Å². The van der Waals surface area contributed by atoms with Gasteiger partial charge in [0.15, 0.2) is 0 Å². The average Bonchev–Trinajstić information content (AvgIpc) is 2.91. The van der Waals surface area contributed by atoms with E-state index in [0.717, 1.165) is 31.7 Å². The highest BCUT2D eigenvalue weighted by molar-refractivity contribution is 5.74. The molecule has 0 aliphatic heterocycles. The molecule has 1 fully saturated rings. The minimum atomic E-state index is -4.40. The van der Waals surface area contributed by atoms with Crippen molar-refractivity contribution in [2.45, 2.75) is 44.4 Å². The normalized spacial score (nSPS) is 16.0. The van der Waals surface area contributed by atoms with E-state index >= 15 is 0 Å². The number of carbonyl (C=O) groups excluding carboxylic acids is 1. The van der Waals surface area contributed by atoms with Crippen LogP contribution in [0.2, 0.25) is 0 Å². The molecule has 0 atom stereocenters. The molecular formula is C15H19F3N2O. The topological polar surface area (TPSA) is 32.3 Å². The predicted molar refractivity (Wildman–Crippen MR) is 73.7 cm³/mol. The van der Waals surface area contributed by atoms with Crippen LogP contribution in [0.15, 0.2) is 24.3 Å². The van der Waals surface area contributed by atoms with Crippen molar-refractivity contribution in [2.75, 3.05) is 7.05 Å². The van der Waals surface area contributed by atoms with Crippen LogP contribution in [-0.2, 0) is 12.7 Å². The third-order valence-corrected chi connectivity index (χ3v) is 3.76. The summed E-state index contributed by atoms with van der Waals surface area (Å²) in [5.74, 6) is 0. The molecule has 6 heteroatoms. The number of nitrogens with zero attached hydrogens (tertiary/aromatic N) is 1. The Kier molecular flexibility index (Phi) is 4.75. The van der Waals surface area contributed by atoms with E-state index in [1.54, 1.807) is 6.07 Å². The number of amides is 2. The summed E-state index contributed by atoms with van der Waals surface area (Å²) < 4.78 is 38.7. The highest BCUT2D eigenvalue weighted by atomic mass is 19.4. The zero-order chi connectivity index (χ0) is 15.5. The molecule has 1 aromatic carbocycles. The third kappa shape index (κ3) is 4.12. The average molecular weight is 300 g/mol. The zero-order valence-electron chi connectivity index (χ0n) is 11.9. The van der Waals surface area contributed by atoms with E-state index in [0.29, 0.717) is 0 Å². The van der Waals surface area contributed by atoms with E-state index < -0.39 is 11.7 Å². The van der Waals surface area contributed by atoms with Crippen LogP contribution in [-0.4, -0.2) is 24.0 Å². The van der Waals surface area contributed by atoms with Crippen molar-refractivity contribution in [1.82, 2.24) is 10.2 Å². The minimum Gasteiger partial charge on any atom is -0.335 e. The van der Waals surface area contributed by atoms with Crippen LogP contribution in [0.25, 0.3) is 0 Å². The van der Waals surface area contributed by atoms with E-state index in [-0.39, 0.29) is 24.2 Å². The van der Waals surface area contributed by atoms with Gasteiger partial charge in [0.25, 0.3) is 0 Å². The summed E-state index contributed by atoms with van der Waals surface area (Å²) in [6.45, 7) is -0.0613. The van der Waals surface area contributed by atoms with Crippen LogP contribution in [0, 0.1) is 0 Å². The standard InChI is InChI=1S/C15H19F3N2O/c1-20(14(21)19-12-7-3-4-8-12)10-11-6-2-5-9-13(11)15(16,17)18/h2,5-6,9,12H,3-4,7-8,10H2,1H3,(H,19,21). The largest absolute Gasteiger partial charge is 0.416 e. The molecule has 0 spiro atoms. The number of carbonyl (C=O) groups is 1. The van der Waals surface area contributed by atoms with Crippen molar-refractivity contribution < 1.29 is 18.0 Å². The summed E-state index contributed by atoms with van der Waals surface area (Å²) in [6.07, 6.45) is -0.339. The first-order valence-electron chi connectivity index (χ1n) is 7.04. The van der Waals surface area contributed by atoms with Crippen LogP contribution >= 0.6 is 0 Å². The fraction of sp³-hybridized carbons (Fsp3) is 0.533. The first-order valence-corrected chi connectivity index (χ1v) is 7.04. The Labute approximate surface area is 122 Å². The number of alkyl halides is 3. The Hall–Kier alpha value is -1.72. The van der Waals surface area contributed by atoms with Gasteiger partial charge in [-0.1, -0.05) is 31.0 Å². The maximum absolute atomic E-state index is 12.9. The van der Waals surface area contributed by atoms with E-state index in [2.05, 4.69) is 5.32 Å². The van der Waals surface area contributed by atoms with Gasteiger partial charge in [-0.05, 0) is 24.5 Å². The molecule has 0 aromatic heterocycles. The van der Waals surface area contributed by atoms with Gasteiger partial charge in [-0.25, -0.2) is 4.79 Å². The molecular weight excluding hydrogens is 281 g/mol. The monoisotopic (exact) mass is 300 g/mol. The van der Waals surface area contributed by atoms with Gasteiger partial charge in [-0.2, -0.15) is 13.2 Å². The van der Waals surface area contributed by atoms with Gasteiger partial charge in [0.05, 0.1) is 5.56 Å². The van der Waals surface area contributed by atoms with E-state index in [1.807, 2.05) is 0 Å². The maximum Gasteiger partial charge on any atom is 0.416 e. The Balaban J connectivity index is 2.02. The molecule has 3 nitrogen and oxygen atoms in total. The zero-order valence-corrected chi connectivity index (χ0v) is 11.9. The number of hydrogen-bond donors (Lipinski definition) is 1. The van der Waals surface area contributed by atoms with Crippen molar-refractivity contribution in [2.24, 2.45) is 0 Å². The van der Waals surface area contributed by atoms with Gasteiger partial charge in [0, 0.05) is 19.6 Å². The van der Waals surface area contributed by atoms with Gasteiger partial charge in [-0.3, -0.25) is 0 Å². The number of nitrogens with one attached hydrogen (secondary N) is 1. The fourth-order valence-electron chi connectivity index (χ4n) is 2.62. The smallest absolute Gasteiger partial charge is 0.335 e. The number of halogens is 3. The lowest BCUT2D eigenvalue weighted by Crippen LogP contribution is -2.41. The molecule has 1 aromatic rings. The minimum absolute atomic E-state index is 0.0613. The van der Waals surface area contributed by atoms with E-state index in [9.17, 15) is 18.0 Å². The fourth-order valence-corrected chi connectivity index (χ4v) is 2.62. The van der Waals surface area contributed by atoms with Crippen molar-refractivity contribution in [3.63, 3.8) is 0 Å². The molecule has 0 saturated heterocycles. The van der Waals surface area contributed by atoms with Crippen molar-refractivity contribution >= 4 is 6.03 Å². The molecule has 1 aliphatic rings. The van der Waals surface area contributed by atoms with Crippen LogP contribution < -0.4 is 5.32 Å². The Bertz CT molecular complexity index is 496. The lowest BCUT2D eigenvalue weighted by atomic mass is 10.1. The van der Waals surface area contributed by atoms with Gasteiger partial charge in [0.1, 0.15) is 0 Å². The summed E-state index contributed by atoms with van der Waals surface area (Å²) in [5, 5.41) is 2.86. The van der Waals surface area contributed by atoms with Crippen molar-refractivity contribution in [3.05, 3.63) is 35.4 Å². The maximum atomic E-state index is 12.9. The molecule has 0 unspecified atom stereocenters. The SMILES string of the molecule is CN(Cc1ccccc1C(F)(F)F)C(=O)NC1CCCC1. The van der Waals surface area contributed by atoms with Gasteiger partial charge >= 0.3 is 12.2 Å². The Morgan fingerprint density at radius 2 is 1.90 bits per heavy atom. The highest BCUT2D eigenvalue weighted by Gasteiger charge is 2.33. The quantitative estimate of drug-likeness (QED) is 0.905. The van der Waals surface area contributed by atoms with E-state index in [1.165, 1.54) is 24.1 Å². The molecule has 2 rings (SSSR count). The summed E-state index contributed by atoms with van der Waals surface area (Å²) in [5.41, 5.74) is -0.584. The summed E-state index contributed by atoms with van der Waals surface area (Å²) in [7, 11) is 1.51. The molecule has 1 aliphatic carbocycles. The van der Waals surface area contributed by atoms with Crippen LogP contribution in [0.3, 0.4) is 0 Å². The Morgan fingerprint density at radius 1 is 1.29 bits per heavy atom. The highest BCUT2D eigenvalue weighted by Crippen LogP contribution is 2.32. The third-order valence-electron chi connectivity index (χ3n) is 3.76. The molecule has 0 heterocycles. The molecule has 0 radical (unpaired) electrons. The van der Waals surface area contributed by atoms with Crippen molar-refractivity contribution in [1.29, 1.82) is 0 Å². The van der Waals surface area contributed by atoms with Crippen LogP contribution in [0.5, 0.6) is 0 Å². The van der Waals surface area contributed by atoms with Gasteiger partial charge < -0.3 is 10.2 Å². The van der Waals surface area contributed by atoms with Gasteiger partial charge in [-0.15, -0.1) is 0 Å². The number of urea groups is 1. The second kappa shape index (κ2) is 6.37. The lowest BCUT2D eigenvalue weighted by Gasteiger charge is -2.22. The second-order valence-electron chi connectivity index (χ2n) is 5.44. The van der Waals surface area contributed by atoms with Crippen LogP contribution in [0.4, 0.5) is 18.0 Å². The summed E-state index contributed by atoms with van der Waals surface area (Å²) >= 11 is 0. The van der Waals surface area contributed by atoms with E-state index in [4.69, 9.17) is 0 Å². The summed E-state index contributed by atoms with van der Waals surface area (Å²) in [6, 6.07) is 5.18. The summed E-state index contributed by atoms with van der Waals surface area (Å²) in [4.78, 5) is 13.3. The first kappa shape index (κ1) is 15.7. The molecule has 1 saturated carbocycles. The molecule has 2 amide bonds. The predicted octanol–water partition coefficient (Wildman–Crippen LogP) is 3.79. The van der Waals surface area contributed by atoms with Gasteiger partial charge in [0.2, 0.25) is 0 Å². The molecule has 1 N–H and O–H groups in total. The second-order valence-corrected chi connectivity index (χ2v) is 5.44.